The number of carbonyl (C=O) groups is 2. The third-order valence-electron chi connectivity index (χ3n) is 4.36. The Balaban J connectivity index is 1.89. The van der Waals surface area contributed by atoms with E-state index in [0.717, 1.165) is 22.8 Å². The second-order valence-electron chi connectivity index (χ2n) is 6.47. The topological polar surface area (TPSA) is 76.0 Å². The Bertz CT molecular complexity index is 1010. The summed E-state index contributed by atoms with van der Waals surface area (Å²) in [6.07, 6.45) is 1.73. The van der Waals surface area contributed by atoms with Crippen molar-refractivity contribution in [2.75, 3.05) is 10.6 Å². The van der Waals surface area contributed by atoms with Crippen LogP contribution in [0, 0.1) is 20.8 Å². The van der Waals surface area contributed by atoms with Crippen LogP contribution in [0.3, 0.4) is 0 Å². The molecule has 3 aromatic rings. The molecule has 6 nitrogen and oxygen atoms in total. The van der Waals surface area contributed by atoms with Crippen molar-refractivity contribution in [2.24, 2.45) is 0 Å². The third-order valence-corrected chi connectivity index (χ3v) is 4.36. The summed E-state index contributed by atoms with van der Waals surface area (Å²) < 4.78 is 1.95. The number of benzene rings is 1. The Hall–Kier alpha value is -3.41. The molecule has 27 heavy (non-hydrogen) atoms. The number of hydrogen-bond donors (Lipinski definition) is 2. The molecule has 6 heteroatoms. The molecule has 138 valence electrons. The number of carbonyl (C=O) groups excluding carboxylic acids is 2. The molecule has 1 aromatic carbocycles. The van der Waals surface area contributed by atoms with Crippen molar-refractivity contribution in [2.45, 2.75) is 27.7 Å². The van der Waals surface area contributed by atoms with Crippen LogP contribution < -0.4 is 10.6 Å². The number of anilines is 2. The predicted molar refractivity (Wildman–Crippen MR) is 106 cm³/mol. The van der Waals surface area contributed by atoms with E-state index >= 15 is 0 Å². The van der Waals surface area contributed by atoms with Crippen LogP contribution in [0.1, 0.15) is 34.2 Å². The van der Waals surface area contributed by atoms with Gasteiger partial charge in [0.15, 0.2) is 0 Å². The molecule has 0 aliphatic rings. The van der Waals surface area contributed by atoms with Crippen molar-refractivity contribution in [3.05, 3.63) is 71.2 Å². The minimum Gasteiger partial charge on any atom is -0.326 e. The fourth-order valence-corrected chi connectivity index (χ4v) is 3.05. The number of amides is 2. The number of nitrogens with zero attached hydrogens (tertiary/aromatic N) is 2. The lowest BCUT2D eigenvalue weighted by Gasteiger charge is -2.11. The molecule has 0 radical (unpaired) electrons. The van der Waals surface area contributed by atoms with Crippen molar-refractivity contribution in [3.8, 4) is 5.82 Å². The zero-order valence-corrected chi connectivity index (χ0v) is 15.8. The Labute approximate surface area is 158 Å². The molecular weight excluding hydrogens is 340 g/mol. The van der Waals surface area contributed by atoms with Crippen LogP contribution in [0.4, 0.5) is 11.4 Å². The van der Waals surface area contributed by atoms with E-state index in [1.807, 2.05) is 61.7 Å². The first kappa shape index (κ1) is 18.4. The highest BCUT2D eigenvalue weighted by atomic mass is 16.2. The standard InChI is InChI=1S/C21H22N4O2/c1-13-8-9-17(12-19(13)23-16(4)26)24-21(27)18-11-14(2)25(15(18)3)20-7-5-6-10-22-20/h5-12H,1-4H3,(H,23,26)(H,24,27). The van der Waals surface area contributed by atoms with Crippen LogP contribution in [0.25, 0.3) is 5.82 Å². The molecule has 0 unspecified atom stereocenters. The van der Waals surface area contributed by atoms with E-state index in [4.69, 9.17) is 0 Å². The maximum Gasteiger partial charge on any atom is 0.257 e. The zero-order chi connectivity index (χ0) is 19.6. The molecule has 0 spiro atoms. The lowest BCUT2D eigenvalue weighted by Crippen LogP contribution is -2.14. The quantitative estimate of drug-likeness (QED) is 0.736. The van der Waals surface area contributed by atoms with Crippen LogP contribution in [-0.2, 0) is 4.79 Å². The summed E-state index contributed by atoms with van der Waals surface area (Å²) in [5, 5.41) is 5.68. The second-order valence-corrected chi connectivity index (χ2v) is 6.47. The van der Waals surface area contributed by atoms with Gasteiger partial charge in [-0.05, 0) is 56.7 Å². The highest BCUT2D eigenvalue weighted by Crippen LogP contribution is 2.23. The number of aromatic nitrogens is 2. The van der Waals surface area contributed by atoms with E-state index < -0.39 is 0 Å². The largest absolute Gasteiger partial charge is 0.326 e. The first-order chi connectivity index (χ1) is 12.9. The van der Waals surface area contributed by atoms with E-state index in [9.17, 15) is 9.59 Å². The van der Waals surface area contributed by atoms with Crippen LogP contribution >= 0.6 is 0 Å². The van der Waals surface area contributed by atoms with Crippen LogP contribution in [-0.4, -0.2) is 21.4 Å². The van der Waals surface area contributed by atoms with E-state index in [-0.39, 0.29) is 11.8 Å². The molecule has 0 fully saturated rings. The summed E-state index contributed by atoms with van der Waals surface area (Å²) in [5.74, 6) is 0.415. The van der Waals surface area contributed by atoms with Crippen molar-refractivity contribution in [1.29, 1.82) is 0 Å². The molecular formula is C21H22N4O2. The van der Waals surface area contributed by atoms with Crippen LogP contribution in [0.15, 0.2) is 48.7 Å². The van der Waals surface area contributed by atoms with E-state index in [1.54, 1.807) is 12.3 Å². The smallest absolute Gasteiger partial charge is 0.257 e. The summed E-state index contributed by atoms with van der Waals surface area (Å²) >= 11 is 0. The Morgan fingerprint density at radius 2 is 1.78 bits per heavy atom. The first-order valence-corrected chi connectivity index (χ1v) is 8.66. The number of pyridine rings is 1. The lowest BCUT2D eigenvalue weighted by molar-refractivity contribution is -0.114. The molecule has 2 amide bonds. The maximum atomic E-state index is 12.8. The molecule has 0 saturated carbocycles. The monoisotopic (exact) mass is 362 g/mol. The van der Waals surface area contributed by atoms with Gasteiger partial charge in [-0.3, -0.25) is 9.59 Å². The van der Waals surface area contributed by atoms with Crippen molar-refractivity contribution >= 4 is 23.2 Å². The zero-order valence-electron chi connectivity index (χ0n) is 15.8. The number of nitrogens with one attached hydrogen (secondary N) is 2. The average molecular weight is 362 g/mol. The number of hydrogen-bond acceptors (Lipinski definition) is 3. The molecule has 2 aromatic heterocycles. The van der Waals surface area contributed by atoms with Gasteiger partial charge >= 0.3 is 0 Å². The molecule has 0 atom stereocenters. The Kier molecular flexibility index (Phi) is 5.07. The highest BCUT2D eigenvalue weighted by molar-refractivity contribution is 6.06. The van der Waals surface area contributed by atoms with Gasteiger partial charge in [0.25, 0.3) is 5.91 Å². The lowest BCUT2D eigenvalue weighted by atomic mass is 10.1. The van der Waals surface area contributed by atoms with Gasteiger partial charge in [-0.15, -0.1) is 0 Å². The van der Waals surface area contributed by atoms with Crippen molar-refractivity contribution in [1.82, 2.24) is 9.55 Å². The van der Waals surface area contributed by atoms with Crippen LogP contribution in [0.2, 0.25) is 0 Å². The van der Waals surface area contributed by atoms with E-state index in [0.29, 0.717) is 16.9 Å². The fraction of sp³-hybridized carbons (Fsp3) is 0.190. The highest BCUT2D eigenvalue weighted by Gasteiger charge is 2.17. The van der Waals surface area contributed by atoms with Gasteiger partial charge in [0, 0.05) is 35.9 Å². The van der Waals surface area contributed by atoms with Crippen molar-refractivity contribution < 1.29 is 9.59 Å². The molecule has 2 N–H and O–H groups in total. The normalized spacial score (nSPS) is 10.5. The number of rotatable bonds is 4. The van der Waals surface area contributed by atoms with E-state index in [1.165, 1.54) is 6.92 Å². The molecule has 0 bridgehead atoms. The summed E-state index contributed by atoms with van der Waals surface area (Å²) in [7, 11) is 0. The Morgan fingerprint density at radius 3 is 2.44 bits per heavy atom. The van der Waals surface area contributed by atoms with Crippen molar-refractivity contribution in [3.63, 3.8) is 0 Å². The minimum absolute atomic E-state index is 0.152. The van der Waals surface area contributed by atoms with Crippen LogP contribution in [0.5, 0.6) is 0 Å². The van der Waals surface area contributed by atoms with Gasteiger partial charge in [0.2, 0.25) is 5.91 Å². The summed E-state index contributed by atoms with van der Waals surface area (Å²) in [6.45, 7) is 7.20. The SMILES string of the molecule is CC(=O)Nc1cc(NC(=O)c2cc(C)n(-c3ccccn3)c2C)ccc1C. The third kappa shape index (κ3) is 3.89. The second kappa shape index (κ2) is 7.45. The molecule has 0 saturated heterocycles. The average Bonchev–Trinajstić information content (AvgIpc) is 2.92. The summed E-state index contributed by atoms with van der Waals surface area (Å²) in [6, 6.07) is 13.0. The van der Waals surface area contributed by atoms with Gasteiger partial charge in [-0.25, -0.2) is 4.98 Å². The summed E-state index contributed by atoms with van der Waals surface area (Å²) in [5.41, 5.74) is 4.56. The van der Waals surface area contributed by atoms with E-state index in [2.05, 4.69) is 15.6 Å². The molecule has 2 heterocycles. The molecule has 0 aliphatic heterocycles. The van der Waals surface area contributed by atoms with Gasteiger partial charge in [0.1, 0.15) is 5.82 Å². The fourth-order valence-electron chi connectivity index (χ4n) is 3.05. The van der Waals surface area contributed by atoms with Gasteiger partial charge < -0.3 is 15.2 Å². The Morgan fingerprint density at radius 1 is 1.00 bits per heavy atom. The minimum atomic E-state index is -0.206. The van der Waals surface area contributed by atoms with Gasteiger partial charge in [0.05, 0.1) is 5.56 Å². The summed E-state index contributed by atoms with van der Waals surface area (Å²) in [4.78, 5) is 28.5. The maximum absolute atomic E-state index is 12.8. The van der Waals surface area contributed by atoms with Gasteiger partial charge in [-0.1, -0.05) is 12.1 Å². The predicted octanol–water partition coefficient (Wildman–Crippen LogP) is 4.01. The number of aryl methyl sites for hydroxylation is 2. The first-order valence-electron chi connectivity index (χ1n) is 8.66. The molecule has 0 aliphatic carbocycles. The molecule has 3 rings (SSSR count). The van der Waals surface area contributed by atoms with Gasteiger partial charge in [-0.2, -0.15) is 0 Å².